The van der Waals surface area contributed by atoms with Crippen LogP contribution >= 0.6 is 15.9 Å². The fourth-order valence-electron chi connectivity index (χ4n) is 2.48. The Bertz CT molecular complexity index is 425. The number of nitro groups is 1. The van der Waals surface area contributed by atoms with Crippen molar-refractivity contribution in [3.8, 4) is 0 Å². The number of likely N-dealkylation sites (tertiary alicyclic amines) is 1. The van der Waals surface area contributed by atoms with Crippen LogP contribution in [0.15, 0.2) is 24.3 Å². The topological polar surface area (TPSA) is 46.4 Å². The highest BCUT2D eigenvalue weighted by molar-refractivity contribution is 9.09. The summed E-state index contributed by atoms with van der Waals surface area (Å²) >= 11 is 3.54. The minimum Gasteiger partial charge on any atom is -0.295 e. The smallest absolute Gasteiger partial charge is 0.273 e. The Kier molecular flexibility index (Phi) is 4.72. The molecule has 1 heterocycles. The van der Waals surface area contributed by atoms with E-state index in [1.54, 1.807) is 12.1 Å². The Labute approximate surface area is 115 Å². The number of halogens is 1. The Morgan fingerprint density at radius 1 is 1.39 bits per heavy atom. The monoisotopic (exact) mass is 312 g/mol. The fraction of sp³-hybridized carbons (Fsp3) is 0.538. The summed E-state index contributed by atoms with van der Waals surface area (Å²) < 4.78 is 0. The number of hydrogen-bond acceptors (Lipinski definition) is 3. The largest absolute Gasteiger partial charge is 0.295 e. The molecule has 1 fully saturated rings. The zero-order chi connectivity index (χ0) is 13.0. The van der Waals surface area contributed by atoms with Crippen molar-refractivity contribution in [2.24, 2.45) is 0 Å². The quantitative estimate of drug-likeness (QED) is 0.486. The second kappa shape index (κ2) is 6.29. The van der Waals surface area contributed by atoms with Gasteiger partial charge in [0.15, 0.2) is 0 Å². The molecule has 4 nitrogen and oxygen atoms in total. The summed E-state index contributed by atoms with van der Waals surface area (Å²) in [5.74, 6) is 0. The molecule has 0 aromatic heterocycles. The van der Waals surface area contributed by atoms with Gasteiger partial charge in [0.2, 0.25) is 0 Å². The normalized spacial score (nSPS) is 20.8. The molecule has 0 spiro atoms. The molecule has 0 radical (unpaired) electrons. The second-order valence-electron chi connectivity index (χ2n) is 4.66. The second-order valence-corrected chi connectivity index (χ2v) is 5.31. The van der Waals surface area contributed by atoms with Crippen molar-refractivity contribution in [2.45, 2.75) is 31.8 Å². The highest BCUT2D eigenvalue weighted by Crippen LogP contribution is 2.25. The zero-order valence-electron chi connectivity index (χ0n) is 10.2. The van der Waals surface area contributed by atoms with Crippen LogP contribution in [0, 0.1) is 10.1 Å². The molecule has 1 saturated heterocycles. The van der Waals surface area contributed by atoms with Crippen LogP contribution in [0.4, 0.5) is 5.69 Å². The van der Waals surface area contributed by atoms with E-state index in [9.17, 15) is 10.1 Å². The molecule has 0 bridgehead atoms. The lowest BCUT2D eigenvalue weighted by Crippen LogP contribution is -2.40. The molecule has 2 rings (SSSR count). The lowest BCUT2D eigenvalue weighted by molar-refractivity contribution is -0.385. The third-order valence-corrected chi connectivity index (χ3v) is 4.24. The number of piperidine rings is 1. The van der Waals surface area contributed by atoms with E-state index in [0.29, 0.717) is 12.6 Å². The molecule has 1 aromatic rings. The fourth-order valence-corrected chi connectivity index (χ4v) is 3.22. The molecule has 0 saturated carbocycles. The molecule has 1 aromatic carbocycles. The van der Waals surface area contributed by atoms with Gasteiger partial charge in [-0.1, -0.05) is 40.5 Å². The SMILES string of the molecule is O=[N+]([O-])c1ccccc1CN1CCCC[C@@H]1CBr. The lowest BCUT2D eigenvalue weighted by Gasteiger charge is -2.34. The summed E-state index contributed by atoms with van der Waals surface area (Å²) in [6, 6.07) is 7.54. The zero-order valence-corrected chi connectivity index (χ0v) is 11.8. The van der Waals surface area contributed by atoms with Gasteiger partial charge in [0.1, 0.15) is 0 Å². The average Bonchev–Trinajstić information content (AvgIpc) is 2.40. The van der Waals surface area contributed by atoms with Gasteiger partial charge in [-0.15, -0.1) is 0 Å². The van der Waals surface area contributed by atoms with E-state index in [0.717, 1.165) is 17.4 Å². The van der Waals surface area contributed by atoms with Crippen molar-refractivity contribution >= 4 is 21.6 Å². The molecule has 1 aliphatic rings. The van der Waals surface area contributed by atoms with Gasteiger partial charge < -0.3 is 0 Å². The van der Waals surface area contributed by atoms with Gasteiger partial charge in [-0.3, -0.25) is 15.0 Å². The van der Waals surface area contributed by atoms with Crippen molar-refractivity contribution in [3.05, 3.63) is 39.9 Å². The van der Waals surface area contributed by atoms with E-state index in [1.807, 2.05) is 12.1 Å². The van der Waals surface area contributed by atoms with Gasteiger partial charge in [-0.05, 0) is 19.4 Å². The number of rotatable bonds is 4. The maximum atomic E-state index is 11.0. The Morgan fingerprint density at radius 2 is 2.17 bits per heavy atom. The number of para-hydroxylation sites is 1. The first-order valence-electron chi connectivity index (χ1n) is 6.24. The van der Waals surface area contributed by atoms with Crippen LogP contribution in [-0.4, -0.2) is 27.7 Å². The van der Waals surface area contributed by atoms with E-state index in [-0.39, 0.29) is 10.6 Å². The first kappa shape index (κ1) is 13.5. The molecular weight excluding hydrogens is 296 g/mol. The van der Waals surface area contributed by atoms with E-state index in [4.69, 9.17) is 0 Å². The van der Waals surface area contributed by atoms with Crippen LogP contribution in [0.1, 0.15) is 24.8 Å². The predicted octanol–water partition coefficient (Wildman–Crippen LogP) is 3.34. The molecule has 1 aliphatic heterocycles. The number of nitrogens with zero attached hydrogens (tertiary/aromatic N) is 2. The summed E-state index contributed by atoms with van der Waals surface area (Å²) in [5, 5.41) is 11.9. The van der Waals surface area contributed by atoms with Crippen LogP contribution < -0.4 is 0 Å². The molecule has 0 N–H and O–H groups in total. The average molecular weight is 313 g/mol. The Morgan fingerprint density at radius 3 is 2.89 bits per heavy atom. The maximum absolute atomic E-state index is 11.0. The van der Waals surface area contributed by atoms with Gasteiger partial charge in [0, 0.05) is 29.5 Å². The number of hydrogen-bond donors (Lipinski definition) is 0. The van der Waals surface area contributed by atoms with E-state index >= 15 is 0 Å². The van der Waals surface area contributed by atoms with Gasteiger partial charge in [0.05, 0.1) is 4.92 Å². The van der Waals surface area contributed by atoms with Crippen LogP contribution in [0.25, 0.3) is 0 Å². The minimum atomic E-state index is -0.289. The lowest BCUT2D eigenvalue weighted by atomic mass is 10.0. The van der Waals surface area contributed by atoms with Crippen molar-refractivity contribution in [2.75, 3.05) is 11.9 Å². The van der Waals surface area contributed by atoms with E-state index in [2.05, 4.69) is 20.8 Å². The predicted molar refractivity (Wildman–Crippen MR) is 74.9 cm³/mol. The maximum Gasteiger partial charge on any atom is 0.273 e. The molecule has 1 atom stereocenters. The number of benzene rings is 1. The first-order valence-corrected chi connectivity index (χ1v) is 7.37. The summed E-state index contributed by atoms with van der Waals surface area (Å²) in [7, 11) is 0. The third-order valence-electron chi connectivity index (χ3n) is 3.49. The third kappa shape index (κ3) is 3.09. The van der Waals surface area contributed by atoms with Crippen LogP contribution in [0.5, 0.6) is 0 Å². The van der Waals surface area contributed by atoms with E-state index in [1.165, 1.54) is 19.3 Å². The summed E-state index contributed by atoms with van der Waals surface area (Å²) in [6.45, 7) is 1.70. The Hall–Kier alpha value is -0.940. The van der Waals surface area contributed by atoms with Crippen LogP contribution in [0.3, 0.4) is 0 Å². The molecule has 0 aliphatic carbocycles. The highest BCUT2D eigenvalue weighted by Gasteiger charge is 2.23. The van der Waals surface area contributed by atoms with Crippen LogP contribution in [0.2, 0.25) is 0 Å². The van der Waals surface area contributed by atoms with Gasteiger partial charge in [-0.25, -0.2) is 0 Å². The first-order chi connectivity index (χ1) is 8.72. The minimum absolute atomic E-state index is 0.233. The highest BCUT2D eigenvalue weighted by atomic mass is 79.9. The number of nitro benzene ring substituents is 1. The van der Waals surface area contributed by atoms with Gasteiger partial charge in [0.25, 0.3) is 5.69 Å². The summed E-state index contributed by atoms with van der Waals surface area (Å²) in [5.41, 5.74) is 1.05. The van der Waals surface area contributed by atoms with Crippen LogP contribution in [-0.2, 0) is 6.54 Å². The molecule has 5 heteroatoms. The van der Waals surface area contributed by atoms with Crippen molar-refractivity contribution in [1.82, 2.24) is 4.90 Å². The van der Waals surface area contributed by atoms with Crippen molar-refractivity contribution in [1.29, 1.82) is 0 Å². The van der Waals surface area contributed by atoms with Gasteiger partial charge >= 0.3 is 0 Å². The van der Waals surface area contributed by atoms with Crippen molar-refractivity contribution in [3.63, 3.8) is 0 Å². The standard InChI is InChI=1S/C13H17BrN2O2/c14-9-12-6-3-4-8-15(12)10-11-5-1-2-7-13(11)16(17)18/h1-2,5,7,12H,3-4,6,8-10H2/t12-/m1/s1. The number of alkyl halides is 1. The summed E-state index contributed by atoms with van der Waals surface area (Å²) in [4.78, 5) is 13.1. The molecule has 18 heavy (non-hydrogen) atoms. The van der Waals surface area contributed by atoms with Crippen molar-refractivity contribution < 1.29 is 4.92 Å². The molecule has 0 unspecified atom stereocenters. The van der Waals surface area contributed by atoms with E-state index < -0.39 is 0 Å². The Balaban J connectivity index is 2.15. The molecule has 0 amide bonds. The molecule has 98 valence electrons. The molecular formula is C13H17BrN2O2. The van der Waals surface area contributed by atoms with Gasteiger partial charge in [-0.2, -0.15) is 0 Å². The summed E-state index contributed by atoms with van der Waals surface area (Å²) in [6.07, 6.45) is 3.61.